The van der Waals surface area contributed by atoms with Gasteiger partial charge < -0.3 is 4.52 Å². The zero-order valence-electron chi connectivity index (χ0n) is 7.61. The minimum Gasteiger partial charge on any atom is -0.354 e. The van der Waals surface area contributed by atoms with Gasteiger partial charge in [-0.2, -0.15) is 0 Å². The van der Waals surface area contributed by atoms with Crippen LogP contribution in [0.5, 0.6) is 0 Å². The average Bonchev–Trinajstić information content (AvgIpc) is 2.52. The number of aryl methyl sites for hydroxylation is 2. The average molecular weight is 174 g/mol. The maximum absolute atomic E-state index is 5.09. The third-order valence-electron chi connectivity index (χ3n) is 1.77. The van der Waals surface area contributed by atoms with Crippen LogP contribution in [0.1, 0.15) is 11.4 Å². The van der Waals surface area contributed by atoms with Crippen molar-refractivity contribution < 1.29 is 4.52 Å². The SMILES string of the molecule is Cc1cc(-c2cccc(C)n2)on1. The van der Waals surface area contributed by atoms with Crippen LogP contribution < -0.4 is 0 Å². The van der Waals surface area contributed by atoms with E-state index in [-0.39, 0.29) is 0 Å². The second kappa shape index (κ2) is 3.01. The predicted molar refractivity (Wildman–Crippen MR) is 49.2 cm³/mol. The van der Waals surface area contributed by atoms with Crippen molar-refractivity contribution in [2.75, 3.05) is 0 Å². The number of rotatable bonds is 1. The van der Waals surface area contributed by atoms with E-state index >= 15 is 0 Å². The first kappa shape index (κ1) is 7.98. The van der Waals surface area contributed by atoms with E-state index in [1.54, 1.807) is 0 Å². The summed E-state index contributed by atoms with van der Waals surface area (Å²) >= 11 is 0. The smallest absolute Gasteiger partial charge is 0.185 e. The summed E-state index contributed by atoms with van der Waals surface area (Å²) in [5.41, 5.74) is 2.69. The summed E-state index contributed by atoms with van der Waals surface area (Å²) in [6, 6.07) is 7.69. The van der Waals surface area contributed by atoms with Crippen molar-refractivity contribution in [3.05, 3.63) is 35.7 Å². The van der Waals surface area contributed by atoms with Gasteiger partial charge in [-0.1, -0.05) is 11.2 Å². The highest BCUT2D eigenvalue weighted by molar-refractivity contribution is 5.51. The second-order valence-electron chi connectivity index (χ2n) is 3.00. The molecule has 0 aliphatic heterocycles. The number of pyridine rings is 1. The molecule has 3 nitrogen and oxygen atoms in total. The Bertz CT molecular complexity index is 420. The van der Waals surface area contributed by atoms with Gasteiger partial charge in [-0.3, -0.25) is 0 Å². The van der Waals surface area contributed by atoms with Gasteiger partial charge in [-0.25, -0.2) is 4.98 Å². The fourth-order valence-corrected chi connectivity index (χ4v) is 1.16. The highest BCUT2D eigenvalue weighted by Gasteiger charge is 2.04. The van der Waals surface area contributed by atoms with Crippen molar-refractivity contribution in [2.24, 2.45) is 0 Å². The highest BCUT2D eigenvalue weighted by Crippen LogP contribution is 2.17. The molecular weight excluding hydrogens is 164 g/mol. The summed E-state index contributed by atoms with van der Waals surface area (Å²) in [5.74, 6) is 0.723. The molecule has 0 N–H and O–H groups in total. The van der Waals surface area contributed by atoms with Gasteiger partial charge in [-0.05, 0) is 26.0 Å². The van der Waals surface area contributed by atoms with Gasteiger partial charge in [0.15, 0.2) is 5.76 Å². The van der Waals surface area contributed by atoms with E-state index in [0.717, 1.165) is 22.8 Å². The number of aromatic nitrogens is 2. The summed E-state index contributed by atoms with van der Waals surface area (Å²) in [4.78, 5) is 4.32. The van der Waals surface area contributed by atoms with Crippen LogP contribution in [-0.4, -0.2) is 10.1 Å². The predicted octanol–water partition coefficient (Wildman–Crippen LogP) is 2.35. The third-order valence-corrected chi connectivity index (χ3v) is 1.77. The molecule has 0 fully saturated rings. The van der Waals surface area contributed by atoms with E-state index in [4.69, 9.17) is 4.52 Å². The molecule has 0 spiro atoms. The molecule has 0 atom stereocenters. The quantitative estimate of drug-likeness (QED) is 0.666. The van der Waals surface area contributed by atoms with Crippen LogP contribution in [0.4, 0.5) is 0 Å². The molecular formula is C10H10N2O. The maximum atomic E-state index is 5.09. The Morgan fingerprint density at radius 3 is 2.62 bits per heavy atom. The molecule has 2 rings (SSSR count). The summed E-state index contributed by atoms with van der Waals surface area (Å²) in [6.45, 7) is 3.84. The number of hydrogen-bond acceptors (Lipinski definition) is 3. The van der Waals surface area contributed by atoms with Crippen molar-refractivity contribution in [2.45, 2.75) is 13.8 Å². The summed E-state index contributed by atoms with van der Waals surface area (Å²) in [5, 5.41) is 3.81. The third kappa shape index (κ3) is 1.59. The molecule has 66 valence electrons. The molecule has 3 heteroatoms. The Morgan fingerprint density at radius 2 is 2.00 bits per heavy atom. The lowest BCUT2D eigenvalue weighted by Crippen LogP contribution is -1.83. The van der Waals surface area contributed by atoms with Crippen LogP contribution in [0.3, 0.4) is 0 Å². The molecule has 13 heavy (non-hydrogen) atoms. The zero-order chi connectivity index (χ0) is 9.26. The first-order valence-corrected chi connectivity index (χ1v) is 4.13. The minimum atomic E-state index is 0.723. The van der Waals surface area contributed by atoms with Gasteiger partial charge >= 0.3 is 0 Å². The van der Waals surface area contributed by atoms with Gasteiger partial charge in [0, 0.05) is 11.8 Å². The monoisotopic (exact) mass is 174 g/mol. The van der Waals surface area contributed by atoms with Crippen molar-refractivity contribution in [1.29, 1.82) is 0 Å². The largest absolute Gasteiger partial charge is 0.354 e. The zero-order valence-corrected chi connectivity index (χ0v) is 7.61. The molecule has 2 aromatic heterocycles. The van der Waals surface area contributed by atoms with Crippen LogP contribution in [0, 0.1) is 13.8 Å². The van der Waals surface area contributed by atoms with Gasteiger partial charge in [-0.15, -0.1) is 0 Å². The standard InChI is InChI=1S/C10H10N2O/c1-7-4-3-5-9(11-7)10-6-8(2)12-13-10/h3-6H,1-2H3. The van der Waals surface area contributed by atoms with Gasteiger partial charge in [0.2, 0.25) is 0 Å². The van der Waals surface area contributed by atoms with Crippen molar-refractivity contribution in [3.8, 4) is 11.5 Å². The topological polar surface area (TPSA) is 38.9 Å². The number of hydrogen-bond donors (Lipinski definition) is 0. The molecule has 2 heterocycles. The van der Waals surface area contributed by atoms with Crippen LogP contribution in [0.25, 0.3) is 11.5 Å². The summed E-state index contributed by atoms with van der Waals surface area (Å²) in [7, 11) is 0. The lowest BCUT2D eigenvalue weighted by molar-refractivity contribution is 0.426. The van der Waals surface area contributed by atoms with Gasteiger partial charge in [0.25, 0.3) is 0 Å². The molecule has 0 unspecified atom stereocenters. The van der Waals surface area contributed by atoms with E-state index in [1.165, 1.54) is 0 Å². The van der Waals surface area contributed by atoms with E-state index < -0.39 is 0 Å². The fraction of sp³-hybridized carbons (Fsp3) is 0.200. The normalized spacial score (nSPS) is 10.3. The first-order valence-electron chi connectivity index (χ1n) is 4.13. The second-order valence-corrected chi connectivity index (χ2v) is 3.00. The van der Waals surface area contributed by atoms with E-state index in [9.17, 15) is 0 Å². The van der Waals surface area contributed by atoms with Crippen molar-refractivity contribution >= 4 is 0 Å². The van der Waals surface area contributed by atoms with Crippen molar-refractivity contribution in [1.82, 2.24) is 10.1 Å². The molecule has 0 radical (unpaired) electrons. The van der Waals surface area contributed by atoms with E-state index in [0.29, 0.717) is 0 Å². The molecule has 0 amide bonds. The van der Waals surface area contributed by atoms with Crippen molar-refractivity contribution in [3.63, 3.8) is 0 Å². The van der Waals surface area contributed by atoms with Crippen LogP contribution in [0.15, 0.2) is 28.8 Å². The fourth-order valence-electron chi connectivity index (χ4n) is 1.16. The molecule has 0 aliphatic rings. The Kier molecular flexibility index (Phi) is 1.85. The minimum absolute atomic E-state index is 0.723. The Balaban J connectivity index is 2.46. The van der Waals surface area contributed by atoms with Crippen LogP contribution in [-0.2, 0) is 0 Å². The van der Waals surface area contributed by atoms with Crippen LogP contribution in [0.2, 0.25) is 0 Å². The molecule has 2 aromatic rings. The molecule has 0 aliphatic carbocycles. The first-order chi connectivity index (χ1) is 6.25. The Hall–Kier alpha value is -1.64. The lowest BCUT2D eigenvalue weighted by atomic mass is 10.2. The van der Waals surface area contributed by atoms with Gasteiger partial charge in [0.05, 0.1) is 5.69 Å². The molecule has 0 bridgehead atoms. The summed E-state index contributed by atoms with van der Waals surface area (Å²) < 4.78 is 5.09. The Labute approximate surface area is 76.4 Å². The van der Waals surface area contributed by atoms with E-state index in [1.807, 2.05) is 38.1 Å². The molecule has 0 saturated heterocycles. The number of nitrogens with zero attached hydrogens (tertiary/aromatic N) is 2. The molecule has 0 aromatic carbocycles. The maximum Gasteiger partial charge on any atom is 0.185 e. The summed E-state index contributed by atoms with van der Waals surface area (Å²) in [6.07, 6.45) is 0. The van der Waals surface area contributed by atoms with Gasteiger partial charge in [0.1, 0.15) is 5.69 Å². The highest BCUT2D eigenvalue weighted by atomic mass is 16.5. The van der Waals surface area contributed by atoms with E-state index in [2.05, 4.69) is 10.1 Å². The lowest BCUT2D eigenvalue weighted by Gasteiger charge is -1.94. The van der Waals surface area contributed by atoms with Crippen LogP contribution >= 0.6 is 0 Å². The molecule has 0 saturated carbocycles. The Morgan fingerprint density at radius 1 is 1.15 bits per heavy atom.